The van der Waals surface area contributed by atoms with Crippen LogP contribution in [0.1, 0.15) is 5.56 Å². The van der Waals surface area contributed by atoms with Crippen LogP contribution in [0.15, 0.2) is 12.3 Å². The summed E-state index contributed by atoms with van der Waals surface area (Å²) in [6, 6.07) is 0.328. The van der Waals surface area contributed by atoms with Crippen LogP contribution >= 0.6 is 0 Å². The number of cyclic esters (lactones) is 1. The number of urea groups is 1. The number of halogens is 4. The molecule has 0 bridgehead atoms. The molecule has 0 saturated carbocycles. The van der Waals surface area contributed by atoms with Crippen LogP contribution in [0.5, 0.6) is 0 Å². The van der Waals surface area contributed by atoms with Gasteiger partial charge in [0, 0.05) is 37.8 Å². The van der Waals surface area contributed by atoms with E-state index in [1.165, 1.54) is 0 Å². The first-order chi connectivity index (χ1) is 13.6. The molecule has 1 aromatic rings. The van der Waals surface area contributed by atoms with Crippen molar-refractivity contribution in [3.63, 3.8) is 0 Å². The Labute approximate surface area is 162 Å². The summed E-state index contributed by atoms with van der Waals surface area (Å²) in [6.45, 7) is 2.90. The first-order valence-electron chi connectivity index (χ1n) is 9.05. The van der Waals surface area contributed by atoms with Gasteiger partial charge in [-0.2, -0.15) is 13.2 Å². The Morgan fingerprint density at radius 2 is 1.79 bits per heavy atom. The van der Waals surface area contributed by atoms with E-state index < -0.39 is 29.2 Å². The number of nitrogens with one attached hydrogen (secondary N) is 1. The highest BCUT2D eigenvalue weighted by Crippen LogP contribution is 2.43. The van der Waals surface area contributed by atoms with Crippen molar-refractivity contribution in [1.29, 1.82) is 0 Å². The minimum absolute atomic E-state index is 0.102. The summed E-state index contributed by atoms with van der Waals surface area (Å²) in [4.78, 5) is 32.2. The second-order valence-electron chi connectivity index (χ2n) is 8.36. The van der Waals surface area contributed by atoms with Crippen LogP contribution in [-0.4, -0.2) is 78.3 Å². The van der Waals surface area contributed by atoms with E-state index in [2.05, 4.69) is 10.3 Å². The van der Waals surface area contributed by atoms with E-state index >= 15 is 0 Å². The van der Waals surface area contributed by atoms with Gasteiger partial charge in [-0.15, -0.1) is 0 Å². The molecule has 5 heterocycles. The van der Waals surface area contributed by atoms with E-state index in [1.54, 1.807) is 14.7 Å². The van der Waals surface area contributed by atoms with Crippen molar-refractivity contribution in [2.75, 3.05) is 50.8 Å². The predicted octanol–water partition coefficient (Wildman–Crippen LogP) is 1.28. The molecule has 8 nitrogen and oxygen atoms in total. The lowest BCUT2D eigenvalue weighted by molar-refractivity contribution is -0.138. The van der Waals surface area contributed by atoms with Gasteiger partial charge < -0.3 is 24.8 Å². The van der Waals surface area contributed by atoms with Gasteiger partial charge in [-0.3, -0.25) is 0 Å². The van der Waals surface area contributed by atoms with Crippen LogP contribution in [-0.2, 0) is 10.9 Å². The molecule has 0 unspecified atom stereocenters. The zero-order chi connectivity index (χ0) is 20.6. The maximum Gasteiger partial charge on any atom is 0.417 e. The fourth-order valence-corrected chi connectivity index (χ4v) is 4.51. The van der Waals surface area contributed by atoms with E-state index in [0.717, 1.165) is 0 Å². The normalized spacial score (nSPS) is 24.0. The van der Waals surface area contributed by atoms with Crippen molar-refractivity contribution in [2.24, 2.45) is 5.41 Å². The fourth-order valence-electron chi connectivity index (χ4n) is 4.51. The van der Waals surface area contributed by atoms with Crippen molar-refractivity contribution in [1.82, 2.24) is 20.1 Å². The molecule has 0 atom stereocenters. The molecule has 2 spiro atoms. The van der Waals surface area contributed by atoms with Gasteiger partial charge in [0.2, 0.25) is 0 Å². The first kappa shape index (κ1) is 18.3. The summed E-state index contributed by atoms with van der Waals surface area (Å²) in [5, 5.41) is 2.71. The Morgan fingerprint density at radius 1 is 1.14 bits per heavy atom. The molecule has 4 aliphatic heterocycles. The summed E-state index contributed by atoms with van der Waals surface area (Å²) >= 11 is 0. The topological polar surface area (TPSA) is 78.0 Å². The van der Waals surface area contributed by atoms with Gasteiger partial charge in [0.15, 0.2) is 11.6 Å². The number of nitrogens with zero attached hydrogens (tertiary/aromatic N) is 4. The Kier molecular flexibility index (Phi) is 3.55. The quantitative estimate of drug-likeness (QED) is 0.700. The number of ether oxygens (including phenoxy) is 1. The standard InChI is InChI=1S/C17H17F4N5O3/c18-11-1-10(17(19,20)21)2-22-12(11)24-3-15(4-24)5-25(6-15)14(28)26-7-16(8-26)9-29-13(27)23-16/h1-2H,3-9H2,(H,23,27). The van der Waals surface area contributed by atoms with Gasteiger partial charge in [-0.25, -0.2) is 19.0 Å². The smallest absolute Gasteiger partial charge is 0.417 e. The average Bonchev–Trinajstić information content (AvgIpc) is 2.93. The summed E-state index contributed by atoms with van der Waals surface area (Å²) in [7, 11) is 0. The number of rotatable bonds is 1. The molecule has 4 fully saturated rings. The summed E-state index contributed by atoms with van der Waals surface area (Å²) in [5.74, 6) is -1.11. The highest BCUT2D eigenvalue weighted by atomic mass is 19.4. The first-order valence-corrected chi connectivity index (χ1v) is 9.05. The molecule has 1 aromatic heterocycles. The largest absolute Gasteiger partial charge is 0.447 e. The van der Waals surface area contributed by atoms with Gasteiger partial charge in [-0.05, 0) is 6.07 Å². The van der Waals surface area contributed by atoms with Crippen molar-refractivity contribution in [3.05, 3.63) is 23.6 Å². The van der Waals surface area contributed by atoms with Crippen molar-refractivity contribution >= 4 is 17.9 Å². The highest BCUT2D eigenvalue weighted by Gasteiger charge is 2.57. The van der Waals surface area contributed by atoms with Gasteiger partial charge >= 0.3 is 18.3 Å². The molecule has 156 valence electrons. The lowest BCUT2D eigenvalue weighted by Gasteiger charge is -2.61. The molecule has 5 rings (SSSR count). The van der Waals surface area contributed by atoms with E-state index in [9.17, 15) is 27.2 Å². The number of hydrogen-bond acceptors (Lipinski definition) is 5. The van der Waals surface area contributed by atoms with Crippen molar-refractivity contribution in [2.45, 2.75) is 11.7 Å². The second-order valence-corrected chi connectivity index (χ2v) is 8.36. The minimum atomic E-state index is -4.64. The summed E-state index contributed by atoms with van der Waals surface area (Å²) in [5.41, 5.74) is -1.78. The molecule has 1 N–H and O–H groups in total. The molecule has 4 saturated heterocycles. The van der Waals surface area contributed by atoms with Crippen molar-refractivity contribution in [3.8, 4) is 0 Å². The number of anilines is 1. The van der Waals surface area contributed by atoms with Crippen LogP contribution in [0.3, 0.4) is 0 Å². The minimum Gasteiger partial charge on any atom is -0.447 e. The zero-order valence-electron chi connectivity index (χ0n) is 15.1. The Bertz CT molecular complexity index is 888. The summed E-state index contributed by atoms with van der Waals surface area (Å²) < 4.78 is 56.8. The van der Waals surface area contributed by atoms with E-state index in [0.29, 0.717) is 51.5 Å². The lowest BCUT2D eigenvalue weighted by atomic mass is 9.73. The number of aromatic nitrogens is 1. The van der Waals surface area contributed by atoms with Crippen LogP contribution < -0.4 is 10.2 Å². The molecule has 4 aliphatic rings. The number of amides is 3. The second kappa shape index (κ2) is 5.63. The number of likely N-dealkylation sites (tertiary alicyclic amines) is 2. The molecular weight excluding hydrogens is 398 g/mol. The molecule has 0 aliphatic carbocycles. The zero-order valence-corrected chi connectivity index (χ0v) is 15.1. The van der Waals surface area contributed by atoms with Crippen molar-refractivity contribution < 1.29 is 31.9 Å². The van der Waals surface area contributed by atoms with Crippen LogP contribution in [0.25, 0.3) is 0 Å². The molecule has 0 radical (unpaired) electrons. The predicted molar refractivity (Wildman–Crippen MR) is 89.6 cm³/mol. The maximum atomic E-state index is 14.0. The highest BCUT2D eigenvalue weighted by molar-refractivity contribution is 5.79. The third kappa shape index (κ3) is 2.84. The van der Waals surface area contributed by atoms with Crippen LogP contribution in [0.4, 0.5) is 33.0 Å². The Hall–Kier alpha value is -2.79. The molecule has 3 amide bonds. The molecular formula is C17H17F4N5O3. The van der Waals surface area contributed by atoms with Gasteiger partial charge in [-0.1, -0.05) is 0 Å². The van der Waals surface area contributed by atoms with Gasteiger partial charge in [0.05, 0.1) is 18.7 Å². The number of alkyl halides is 3. The van der Waals surface area contributed by atoms with E-state index in [4.69, 9.17) is 4.74 Å². The fraction of sp³-hybridized carbons (Fsp3) is 0.588. The third-order valence-electron chi connectivity index (χ3n) is 5.93. The Balaban J connectivity index is 1.13. The van der Waals surface area contributed by atoms with Crippen LogP contribution in [0.2, 0.25) is 0 Å². The van der Waals surface area contributed by atoms with Gasteiger partial charge in [0.1, 0.15) is 12.1 Å². The number of alkyl carbamates (subject to hydrolysis) is 1. The van der Waals surface area contributed by atoms with E-state index in [-0.39, 0.29) is 23.9 Å². The number of hydrogen-bond donors (Lipinski definition) is 1. The van der Waals surface area contributed by atoms with Crippen LogP contribution in [0, 0.1) is 11.2 Å². The average molecular weight is 415 g/mol. The number of pyridine rings is 1. The monoisotopic (exact) mass is 415 g/mol. The third-order valence-corrected chi connectivity index (χ3v) is 5.93. The number of carbonyl (C=O) groups excluding carboxylic acids is 2. The van der Waals surface area contributed by atoms with E-state index in [1.807, 2.05) is 0 Å². The molecule has 0 aromatic carbocycles. The lowest BCUT2D eigenvalue weighted by Crippen LogP contribution is -2.77. The summed E-state index contributed by atoms with van der Waals surface area (Å²) in [6.07, 6.45) is -4.48. The Morgan fingerprint density at radius 3 is 2.34 bits per heavy atom. The molecule has 29 heavy (non-hydrogen) atoms. The maximum absolute atomic E-state index is 14.0. The number of carbonyl (C=O) groups is 2. The van der Waals surface area contributed by atoms with Gasteiger partial charge in [0.25, 0.3) is 0 Å². The molecule has 12 heteroatoms. The SMILES string of the molecule is O=C1NC2(CO1)CN(C(=O)N1CC3(C1)CN(c1ncc(C(F)(F)F)cc1F)C3)C2.